The lowest BCUT2D eigenvalue weighted by molar-refractivity contribution is -0.119. The normalized spacial score (nSPS) is 21.2. The van der Waals surface area contributed by atoms with Crippen LogP contribution in [0.5, 0.6) is 0 Å². The number of piperidine rings is 1. The minimum atomic E-state index is -0.479. The van der Waals surface area contributed by atoms with E-state index in [1.165, 1.54) is 0 Å². The maximum atomic E-state index is 12.0. The van der Waals surface area contributed by atoms with E-state index in [2.05, 4.69) is 5.32 Å². The summed E-state index contributed by atoms with van der Waals surface area (Å²) in [6, 6.07) is 9.33. The Morgan fingerprint density at radius 1 is 1.29 bits per heavy atom. The Morgan fingerprint density at radius 3 is 2.71 bits per heavy atom. The van der Waals surface area contributed by atoms with Gasteiger partial charge in [-0.2, -0.15) is 0 Å². The molecular formula is C17H25N3O4. The number of rotatable bonds is 7. The molecule has 0 spiro atoms. The molecule has 2 unspecified atom stereocenters. The number of aliphatic hydroxyl groups excluding tert-OH is 1. The number of benzene rings is 1. The third-order valence-corrected chi connectivity index (χ3v) is 4.06. The van der Waals surface area contributed by atoms with E-state index in [1.807, 2.05) is 35.2 Å². The molecule has 0 saturated carbocycles. The minimum absolute atomic E-state index is 0.0836. The number of nitrogens with zero attached hydrogens (tertiary/aromatic N) is 1. The van der Waals surface area contributed by atoms with Gasteiger partial charge in [0.1, 0.15) is 6.61 Å². The molecule has 2 atom stereocenters. The molecule has 1 aromatic rings. The van der Waals surface area contributed by atoms with Crippen molar-refractivity contribution < 1.29 is 19.4 Å². The van der Waals surface area contributed by atoms with E-state index in [1.54, 1.807) is 0 Å². The predicted molar refractivity (Wildman–Crippen MR) is 89.0 cm³/mol. The zero-order valence-corrected chi connectivity index (χ0v) is 13.7. The van der Waals surface area contributed by atoms with Crippen molar-refractivity contribution in [3.05, 3.63) is 35.9 Å². The second kappa shape index (κ2) is 9.24. The highest BCUT2D eigenvalue weighted by molar-refractivity contribution is 5.76. The zero-order chi connectivity index (χ0) is 17.4. The summed E-state index contributed by atoms with van der Waals surface area (Å²) in [5.41, 5.74) is 6.18. The minimum Gasteiger partial charge on any atom is -0.445 e. The molecule has 132 valence electrons. The number of carbonyl (C=O) groups excluding carboxylic acids is 2. The van der Waals surface area contributed by atoms with Crippen LogP contribution in [0.25, 0.3) is 0 Å². The van der Waals surface area contributed by atoms with E-state index < -0.39 is 12.0 Å². The smallest absolute Gasteiger partial charge is 0.407 e. The summed E-state index contributed by atoms with van der Waals surface area (Å²) in [6.07, 6.45) is 0.899. The van der Waals surface area contributed by atoms with E-state index in [0.29, 0.717) is 19.5 Å². The Balaban J connectivity index is 1.84. The molecule has 24 heavy (non-hydrogen) atoms. The zero-order valence-electron chi connectivity index (χ0n) is 13.7. The molecule has 0 aliphatic carbocycles. The lowest BCUT2D eigenvalue weighted by Crippen LogP contribution is -2.52. The van der Waals surface area contributed by atoms with Crippen molar-refractivity contribution in [2.24, 2.45) is 11.7 Å². The lowest BCUT2D eigenvalue weighted by atomic mass is 9.92. The summed E-state index contributed by atoms with van der Waals surface area (Å²) >= 11 is 0. The van der Waals surface area contributed by atoms with Gasteiger partial charge in [0.15, 0.2) is 0 Å². The number of aliphatic hydroxyl groups is 1. The van der Waals surface area contributed by atoms with E-state index in [0.717, 1.165) is 12.0 Å². The average Bonchev–Trinajstić information content (AvgIpc) is 2.53. The van der Waals surface area contributed by atoms with Crippen LogP contribution in [0, 0.1) is 5.92 Å². The first-order chi connectivity index (χ1) is 11.6. The molecule has 0 aromatic heterocycles. The van der Waals surface area contributed by atoms with Gasteiger partial charge in [0.2, 0.25) is 5.91 Å². The third kappa shape index (κ3) is 6.17. The fourth-order valence-electron chi connectivity index (χ4n) is 3.08. The maximum Gasteiger partial charge on any atom is 0.407 e. The number of amides is 2. The molecule has 1 saturated heterocycles. The van der Waals surface area contributed by atoms with Crippen LogP contribution in [0.15, 0.2) is 30.3 Å². The standard InChI is InChI=1S/C17H25N3O4/c18-16(22)11-20-9-14(6-7-21)8-15(10-20)19-17(23)24-12-13-4-2-1-3-5-13/h1-5,14-15,21H,6-12H2,(H2,18,22)(H,19,23). The Labute approximate surface area is 141 Å². The molecule has 1 aliphatic heterocycles. The number of primary amides is 1. The lowest BCUT2D eigenvalue weighted by Gasteiger charge is -2.37. The predicted octanol–water partition coefficient (Wildman–Crippen LogP) is 0.471. The number of nitrogens with one attached hydrogen (secondary N) is 1. The first-order valence-electron chi connectivity index (χ1n) is 8.15. The summed E-state index contributed by atoms with van der Waals surface area (Å²) in [6.45, 7) is 1.69. The Kier molecular flexibility index (Phi) is 7.02. The van der Waals surface area contributed by atoms with Crippen molar-refractivity contribution in [3.63, 3.8) is 0 Å². The number of nitrogens with two attached hydrogens (primary N) is 1. The first-order valence-corrected chi connectivity index (χ1v) is 8.15. The molecule has 1 aliphatic rings. The number of hydrogen-bond acceptors (Lipinski definition) is 5. The van der Waals surface area contributed by atoms with Gasteiger partial charge >= 0.3 is 6.09 Å². The fraction of sp³-hybridized carbons (Fsp3) is 0.529. The highest BCUT2D eigenvalue weighted by Crippen LogP contribution is 2.19. The van der Waals surface area contributed by atoms with Crippen molar-refractivity contribution in [1.29, 1.82) is 0 Å². The second-order valence-corrected chi connectivity index (χ2v) is 6.18. The summed E-state index contributed by atoms with van der Waals surface area (Å²) in [4.78, 5) is 25.0. The van der Waals surface area contributed by atoms with Gasteiger partial charge in [-0.1, -0.05) is 30.3 Å². The number of alkyl carbamates (subject to hydrolysis) is 1. The van der Waals surface area contributed by atoms with Crippen LogP contribution in [-0.2, 0) is 16.1 Å². The van der Waals surface area contributed by atoms with Crippen LogP contribution < -0.4 is 11.1 Å². The summed E-state index contributed by atoms with van der Waals surface area (Å²) in [5, 5.41) is 12.0. The van der Waals surface area contributed by atoms with E-state index in [-0.39, 0.29) is 31.7 Å². The number of ether oxygens (including phenoxy) is 1. The van der Waals surface area contributed by atoms with Crippen LogP contribution >= 0.6 is 0 Å². The van der Waals surface area contributed by atoms with Crippen molar-refractivity contribution >= 4 is 12.0 Å². The summed E-state index contributed by atoms with van der Waals surface area (Å²) < 4.78 is 5.23. The average molecular weight is 335 g/mol. The van der Waals surface area contributed by atoms with Gasteiger partial charge < -0.3 is 20.9 Å². The highest BCUT2D eigenvalue weighted by atomic mass is 16.5. The van der Waals surface area contributed by atoms with Crippen molar-refractivity contribution in [2.45, 2.75) is 25.5 Å². The highest BCUT2D eigenvalue weighted by Gasteiger charge is 2.28. The van der Waals surface area contributed by atoms with Gasteiger partial charge in [0, 0.05) is 25.7 Å². The Hall–Kier alpha value is -2.12. The van der Waals surface area contributed by atoms with Gasteiger partial charge in [-0.3, -0.25) is 9.69 Å². The molecule has 7 nitrogen and oxygen atoms in total. The Morgan fingerprint density at radius 2 is 2.04 bits per heavy atom. The summed E-state index contributed by atoms with van der Waals surface area (Å²) in [5.74, 6) is -0.187. The van der Waals surface area contributed by atoms with Gasteiger partial charge in [0.25, 0.3) is 0 Å². The SMILES string of the molecule is NC(=O)CN1CC(CCO)CC(NC(=O)OCc2ccccc2)C1. The van der Waals surface area contributed by atoms with Gasteiger partial charge in [0.05, 0.1) is 6.54 Å². The second-order valence-electron chi connectivity index (χ2n) is 6.18. The van der Waals surface area contributed by atoms with Crippen molar-refractivity contribution in [3.8, 4) is 0 Å². The molecule has 4 N–H and O–H groups in total. The van der Waals surface area contributed by atoms with Gasteiger partial charge in [-0.05, 0) is 24.3 Å². The first kappa shape index (κ1) is 18.2. The molecule has 0 radical (unpaired) electrons. The van der Waals surface area contributed by atoms with Gasteiger partial charge in [-0.15, -0.1) is 0 Å². The molecule has 1 fully saturated rings. The molecule has 2 rings (SSSR count). The van der Waals surface area contributed by atoms with Crippen LogP contribution in [0.3, 0.4) is 0 Å². The van der Waals surface area contributed by atoms with Crippen molar-refractivity contribution in [1.82, 2.24) is 10.2 Å². The van der Waals surface area contributed by atoms with Crippen LogP contribution in [0.2, 0.25) is 0 Å². The molecular weight excluding hydrogens is 310 g/mol. The van der Waals surface area contributed by atoms with Crippen molar-refractivity contribution in [2.75, 3.05) is 26.2 Å². The number of hydrogen-bond donors (Lipinski definition) is 3. The van der Waals surface area contributed by atoms with Crippen LogP contribution in [-0.4, -0.2) is 54.3 Å². The summed E-state index contributed by atoms with van der Waals surface area (Å²) in [7, 11) is 0. The van der Waals surface area contributed by atoms with E-state index in [9.17, 15) is 9.59 Å². The largest absolute Gasteiger partial charge is 0.445 e. The maximum absolute atomic E-state index is 12.0. The third-order valence-electron chi connectivity index (χ3n) is 4.06. The van der Waals surface area contributed by atoms with Gasteiger partial charge in [-0.25, -0.2) is 4.79 Å². The number of carbonyl (C=O) groups is 2. The quantitative estimate of drug-likeness (QED) is 0.672. The fourth-order valence-corrected chi connectivity index (χ4v) is 3.08. The van der Waals surface area contributed by atoms with E-state index >= 15 is 0 Å². The Bertz CT molecular complexity index is 538. The molecule has 0 bridgehead atoms. The number of likely N-dealkylation sites (tertiary alicyclic amines) is 1. The van der Waals surface area contributed by atoms with Crippen LogP contribution in [0.1, 0.15) is 18.4 Å². The molecule has 7 heteroatoms. The van der Waals surface area contributed by atoms with E-state index in [4.69, 9.17) is 15.6 Å². The molecule has 2 amide bonds. The topological polar surface area (TPSA) is 105 Å². The molecule has 1 heterocycles. The molecule has 1 aromatic carbocycles. The van der Waals surface area contributed by atoms with Crippen LogP contribution in [0.4, 0.5) is 4.79 Å². The monoisotopic (exact) mass is 335 g/mol.